The van der Waals surface area contributed by atoms with Gasteiger partial charge in [-0.3, -0.25) is 4.72 Å². The van der Waals surface area contributed by atoms with Crippen LogP contribution in [-0.2, 0) is 24.8 Å². The Morgan fingerprint density at radius 2 is 1.58 bits per heavy atom. The minimum atomic E-state index is -4.94. The molecule has 0 aliphatic carbocycles. The Morgan fingerprint density at radius 1 is 0.968 bits per heavy atom. The van der Waals surface area contributed by atoms with Crippen molar-refractivity contribution in [3.05, 3.63) is 48.3 Å². The van der Waals surface area contributed by atoms with Crippen LogP contribution in [0, 0.1) is 5.82 Å². The van der Waals surface area contributed by atoms with Crippen molar-refractivity contribution in [1.82, 2.24) is 4.31 Å². The van der Waals surface area contributed by atoms with Crippen molar-refractivity contribution in [3.63, 3.8) is 0 Å². The number of hydrogen-bond acceptors (Lipinski definition) is 6. The molecule has 31 heavy (non-hydrogen) atoms. The highest BCUT2D eigenvalue weighted by atomic mass is 32.2. The number of nitrogens with one attached hydrogen (secondary N) is 1. The van der Waals surface area contributed by atoms with Gasteiger partial charge in [-0.05, 0) is 42.5 Å². The first kappa shape index (κ1) is 23.2. The van der Waals surface area contributed by atoms with Crippen molar-refractivity contribution in [3.8, 4) is 5.75 Å². The topological polar surface area (TPSA) is 102 Å². The van der Waals surface area contributed by atoms with Gasteiger partial charge in [0, 0.05) is 13.1 Å². The van der Waals surface area contributed by atoms with Crippen LogP contribution in [0.2, 0.25) is 0 Å². The van der Waals surface area contributed by atoms with Crippen LogP contribution in [-0.4, -0.2) is 53.8 Å². The predicted molar refractivity (Wildman–Crippen MR) is 99.9 cm³/mol. The molecule has 0 atom stereocenters. The number of morpholine rings is 1. The number of anilines is 1. The summed E-state index contributed by atoms with van der Waals surface area (Å²) in [5, 5.41) is 0. The Morgan fingerprint density at radius 3 is 2.16 bits per heavy atom. The van der Waals surface area contributed by atoms with Gasteiger partial charge in [-0.2, -0.15) is 4.31 Å². The highest BCUT2D eigenvalue weighted by Crippen LogP contribution is 2.27. The van der Waals surface area contributed by atoms with Crippen LogP contribution in [0.3, 0.4) is 0 Å². The van der Waals surface area contributed by atoms with E-state index in [0.717, 1.165) is 46.8 Å². The molecule has 0 unspecified atom stereocenters. The maximum Gasteiger partial charge on any atom is 0.573 e. The average molecular weight is 484 g/mol. The van der Waals surface area contributed by atoms with Gasteiger partial charge >= 0.3 is 6.36 Å². The molecule has 0 radical (unpaired) electrons. The lowest BCUT2D eigenvalue weighted by molar-refractivity contribution is -0.274. The fourth-order valence-corrected chi connectivity index (χ4v) is 5.27. The molecule has 0 spiro atoms. The molecule has 0 bridgehead atoms. The van der Waals surface area contributed by atoms with E-state index < -0.39 is 47.8 Å². The van der Waals surface area contributed by atoms with Crippen LogP contribution in [0.1, 0.15) is 0 Å². The molecule has 8 nitrogen and oxygen atoms in total. The molecule has 0 amide bonds. The van der Waals surface area contributed by atoms with E-state index >= 15 is 0 Å². The molecule has 1 N–H and O–H groups in total. The van der Waals surface area contributed by atoms with Crippen LogP contribution in [0.25, 0.3) is 0 Å². The number of halogens is 4. The third-order valence-corrected chi connectivity index (χ3v) is 7.45. The first-order valence-electron chi connectivity index (χ1n) is 8.64. The van der Waals surface area contributed by atoms with Crippen LogP contribution >= 0.6 is 0 Å². The van der Waals surface area contributed by atoms with Gasteiger partial charge in [0.2, 0.25) is 10.0 Å². The lowest BCUT2D eigenvalue weighted by Gasteiger charge is -2.26. The van der Waals surface area contributed by atoms with Crippen molar-refractivity contribution in [1.29, 1.82) is 0 Å². The Labute approximate surface area is 175 Å². The quantitative estimate of drug-likeness (QED) is 0.633. The normalized spacial score (nSPS) is 16.1. The number of sulfonamides is 2. The summed E-state index contributed by atoms with van der Waals surface area (Å²) in [4.78, 5) is -1.13. The molecule has 1 saturated heterocycles. The molecule has 170 valence electrons. The van der Waals surface area contributed by atoms with Gasteiger partial charge in [0.15, 0.2) is 0 Å². The van der Waals surface area contributed by atoms with Crippen molar-refractivity contribution in [2.24, 2.45) is 0 Å². The lowest BCUT2D eigenvalue weighted by atomic mass is 10.3. The summed E-state index contributed by atoms with van der Waals surface area (Å²) in [5.41, 5.74) is -0.246. The van der Waals surface area contributed by atoms with Crippen molar-refractivity contribution < 1.29 is 43.9 Å². The van der Waals surface area contributed by atoms with Gasteiger partial charge < -0.3 is 9.47 Å². The molecule has 1 aliphatic rings. The van der Waals surface area contributed by atoms with Crippen LogP contribution < -0.4 is 9.46 Å². The summed E-state index contributed by atoms with van der Waals surface area (Å²) in [5.74, 6) is -1.68. The molecular formula is C17H16F4N2O6S2. The van der Waals surface area contributed by atoms with E-state index in [2.05, 4.69) is 9.46 Å². The third-order valence-electron chi connectivity index (χ3n) is 4.14. The van der Waals surface area contributed by atoms with Crippen LogP contribution in [0.15, 0.2) is 52.3 Å². The molecule has 0 saturated carbocycles. The van der Waals surface area contributed by atoms with E-state index in [4.69, 9.17) is 4.74 Å². The second kappa shape index (κ2) is 8.61. The zero-order valence-electron chi connectivity index (χ0n) is 15.6. The fourth-order valence-electron chi connectivity index (χ4n) is 2.73. The van der Waals surface area contributed by atoms with Crippen molar-refractivity contribution in [2.45, 2.75) is 16.2 Å². The maximum absolute atomic E-state index is 14.2. The number of rotatable bonds is 6. The number of ether oxygens (including phenoxy) is 2. The Hall–Kier alpha value is -2.42. The van der Waals surface area contributed by atoms with E-state index in [0.29, 0.717) is 0 Å². The fraction of sp³-hybridized carbons (Fsp3) is 0.294. The standard InChI is InChI=1S/C17H16F4N2O6S2/c18-15-6-1-12(11-16(15)31(26,27)23-7-9-28-10-8-23)22-30(24,25)14-4-2-13(3-5-14)29-17(19,20)21/h1-6,11,22H,7-10H2. The van der Waals surface area contributed by atoms with E-state index in [-0.39, 0.29) is 32.0 Å². The molecule has 2 aromatic carbocycles. The molecule has 1 heterocycles. The summed E-state index contributed by atoms with van der Waals surface area (Å²) in [7, 11) is -8.55. The Balaban J connectivity index is 1.84. The molecule has 0 aromatic heterocycles. The SMILES string of the molecule is O=S(=O)(Nc1ccc(F)c(S(=O)(=O)N2CCOCC2)c1)c1ccc(OC(F)(F)F)cc1. The van der Waals surface area contributed by atoms with E-state index in [1.165, 1.54) is 0 Å². The Bertz CT molecular complexity index is 1150. The number of hydrogen-bond donors (Lipinski definition) is 1. The van der Waals surface area contributed by atoms with Crippen LogP contribution in [0.5, 0.6) is 5.75 Å². The van der Waals surface area contributed by atoms with Crippen LogP contribution in [0.4, 0.5) is 23.2 Å². The van der Waals surface area contributed by atoms with Gasteiger partial charge in [0.1, 0.15) is 16.5 Å². The van der Waals surface area contributed by atoms with Gasteiger partial charge in [0.25, 0.3) is 10.0 Å². The highest BCUT2D eigenvalue weighted by molar-refractivity contribution is 7.92. The maximum atomic E-state index is 14.2. The summed E-state index contributed by atoms with van der Waals surface area (Å²) in [6, 6.07) is 6.01. The molecule has 3 rings (SSSR count). The zero-order valence-corrected chi connectivity index (χ0v) is 17.2. The number of alkyl halides is 3. The summed E-state index contributed by atoms with van der Waals surface area (Å²) in [6.45, 7) is 0.316. The molecule has 2 aromatic rings. The smallest absolute Gasteiger partial charge is 0.406 e. The number of nitrogens with zero attached hydrogens (tertiary/aromatic N) is 1. The zero-order chi connectivity index (χ0) is 22.9. The molecular weight excluding hydrogens is 468 g/mol. The minimum Gasteiger partial charge on any atom is -0.406 e. The first-order valence-corrected chi connectivity index (χ1v) is 11.6. The van der Waals surface area contributed by atoms with E-state index in [1.807, 2.05) is 0 Å². The highest BCUT2D eigenvalue weighted by Gasteiger charge is 2.32. The van der Waals surface area contributed by atoms with Crippen molar-refractivity contribution in [2.75, 3.05) is 31.0 Å². The van der Waals surface area contributed by atoms with E-state index in [9.17, 15) is 34.4 Å². The number of benzene rings is 2. The van der Waals surface area contributed by atoms with Gasteiger partial charge in [-0.25, -0.2) is 21.2 Å². The average Bonchev–Trinajstić information content (AvgIpc) is 2.69. The third kappa shape index (κ3) is 5.64. The summed E-state index contributed by atoms with van der Waals surface area (Å²) < 4.78 is 113. The monoisotopic (exact) mass is 484 g/mol. The lowest BCUT2D eigenvalue weighted by Crippen LogP contribution is -2.40. The first-order chi connectivity index (χ1) is 14.4. The van der Waals surface area contributed by atoms with Gasteiger partial charge in [-0.1, -0.05) is 0 Å². The predicted octanol–water partition coefficient (Wildman–Crippen LogP) is 2.55. The summed E-state index contributed by atoms with van der Waals surface area (Å²) >= 11 is 0. The summed E-state index contributed by atoms with van der Waals surface area (Å²) in [6.07, 6.45) is -4.94. The van der Waals surface area contributed by atoms with E-state index in [1.54, 1.807) is 0 Å². The second-order valence-corrected chi connectivity index (χ2v) is 9.88. The molecule has 14 heteroatoms. The van der Waals surface area contributed by atoms with Crippen molar-refractivity contribution >= 4 is 25.7 Å². The largest absolute Gasteiger partial charge is 0.573 e. The second-order valence-electron chi connectivity index (χ2n) is 6.29. The molecule has 1 aliphatic heterocycles. The molecule has 1 fully saturated rings. The van der Waals surface area contributed by atoms with Gasteiger partial charge in [0.05, 0.1) is 23.8 Å². The van der Waals surface area contributed by atoms with Gasteiger partial charge in [-0.15, -0.1) is 13.2 Å². The Kier molecular flexibility index (Phi) is 6.45. The minimum absolute atomic E-state index is 0.0179.